The van der Waals surface area contributed by atoms with E-state index in [1.54, 1.807) is 0 Å². The number of rotatable bonds is 16. The van der Waals surface area contributed by atoms with Gasteiger partial charge in [0, 0.05) is 0 Å². The molecule has 0 bridgehead atoms. The summed E-state index contributed by atoms with van der Waals surface area (Å²) in [5.74, 6) is 0. The Labute approximate surface area is 139 Å². The van der Waals surface area contributed by atoms with Crippen LogP contribution in [0.5, 0.6) is 0 Å². The lowest BCUT2D eigenvalue weighted by atomic mass is 9.82. The van der Waals surface area contributed by atoms with Crippen molar-refractivity contribution in [1.29, 1.82) is 0 Å². The number of carbonyl (C=O) groups excluding carboxylic acids is 1. The van der Waals surface area contributed by atoms with E-state index in [-0.39, 0.29) is 5.54 Å². The molecule has 0 spiro atoms. The third kappa shape index (κ3) is 11.0. The lowest BCUT2D eigenvalue weighted by molar-refractivity contribution is 0.305. The van der Waals surface area contributed by atoms with E-state index in [0.717, 1.165) is 19.3 Å². The van der Waals surface area contributed by atoms with Crippen molar-refractivity contribution in [1.82, 2.24) is 0 Å². The molecule has 0 atom stereocenters. The first-order chi connectivity index (χ1) is 10.7. The van der Waals surface area contributed by atoms with Gasteiger partial charge >= 0.3 is 0 Å². The van der Waals surface area contributed by atoms with Gasteiger partial charge in [-0.3, -0.25) is 0 Å². The molecular weight excluding hydrogens is 270 g/mol. The minimum Gasteiger partial charge on any atom is -0.211 e. The SMILES string of the molecule is CCCCCCC(CCCCCC)(CCCCCC)N=C=O. The van der Waals surface area contributed by atoms with E-state index >= 15 is 0 Å². The molecule has 2 heteroatoms. The Kier molecular flexibility index (Phi) is 14.9. The lowest BCUT2D eigenvalue weighted by Gasteiger charge is -2.29. The van der Waals surface area contributed by atoms with Crippen LogP contribution >= 0.6 is 0 Å². The van der Waals surface area contributed by atoms with Gasteiger partial charge in [0.1, 0.15) is 0 Å². The molecule has 0 aromatic heterocycles. The van der Waals surface area contributed by atoms with Crippen molar-refractivity contribution >= 4 is 6.08 Å². The van der Waals surface area contributed by atoms with E-state index in [1.807, 2.05) is 6.08 Å². The van der Waals surface area contributed by atoms with Gasteiger partial charge in [-0.25, -0.2) is 4.79 Å². The molecule has 0 unspecified atom stereocenters. The average Bonchev–Trinajstić information content (AvgIpc) is 2.53. The summed E-state index contributed by atoms with van der Waals surface area (Å²) in [6.07, 6.45) is 20.3. The number of aliphatic imine (C=N–C) groups is 1. The molecule has 0 amide bonds. The highest BCUT2D eigenvalue weighted by molar-refractivity contribution is 5.34. The molecule has 0 saturated heterocycles. The second-order valence-corrected chi connectivity index (χ2v) is 6.86. The summed E-state index contributed by atoms with van der Waals surface area (Å²) in [6, 6.07) is 0. The summed E-state index contributed by atoms with van der Waals surface area (Å²) in [6.45, 7) is 6.73. The smallest absolute Gasteiger partial charge is 0.211 e. The minimum atomic E-state index is -0.100. The molecule has 0 aliphatic heterocycles. The van der Waals surface area contributed by atoms with E-state index < -0.39 is 0 Å². The molecular formula is C20H39NO. The molecule has 0 aromatic carbocycles. The van der Waals surface area contributed by atoms with Crippen molar-refractivity contribution in [2.75, 3.05) is 0 Å². The second kappa shape index (κ2) is 15.3. The highest BCUT2D eigenvalue weighted by Gasteiger charge is 2.28. The van der Waals surface area contributed by atoms with Gasteiger partial charge in [-0.15, -0.1) is 0 Å². The van der Waals surface area contributed by atoms with Gasteiger partial charge in [-0.05, 0) is 19.3 Å². The van der Waals surface area contributed by atoms with Crippen LogP contribution in [-0.4, -0.2) is 11.6 Å². The first-order valence-electron chi connectivity index (χ1n) is 9.83. The summed E-state index contributed by atoms with van der Waals surface area (Å²) >= 11 is 0. The fourth-order valence-corrected chi connectivity index (χ4v) is 3.28. The molecule has 0 fully saturated rings. The maximum Gasteiger partial charge on any atom is 0.235 e. The van der Waals surface area contributed by atoms with Crippen molar-refractivity contribution in [2.45, 2.75) is 123 Å². The van der Waals surface area contributed by atoms with Crippen LogP contribution < -0.4 is 0 Å². The van der Waals surface area contributed by atoms with Gasteiger partial charge in [-0.1, -0.05) is 97.8 Å². The minimum absolute atomic E-state index is 0.100. The quantitative estimate of drug-likeness (QED) is 0.172. The van der Waals surface area contributed by atoms with Crippen LogP contribution in [0.2, 0.25) is 0 Å². The van der Waals surface area contributed by atoms with Crippen molar-refractivity contribution in [3.8, 4) is 0 Å². The molecule has 130 valence electrons. The summed E-state index contributed by atoms with van der Waals surface area (Å²) in [4.78, 5) is 15.3. The molecule has 0 rings (SSSR count). The predicted molar refractivity (Wildman–Crippen MR) is 97.1 cm³/mol. The van der Waals surface area contributed by atoms with Crippen molar-refractivity contribution < 1.29 is 4.79 Å². The number of hydrogen-bond acceptors (Lipinski definition) is 2. The molecule has 2 nitrogen and oxygen atoms in total. The van der Waals surface area contributed by atoms with Gasteiger partial charge in [0.25, 0.3) is 0 Å². The number of unbranched alkanes of at least 4 members (excludes halogenated alkanes) is 9. The van der Waals surface area contributed by atoms with Crippen LogP contribution in [0.3, 0.4) is 0 Å². The first-order valence-corrected chi connectivity index (χ1v) is 9.83. The molecule has 0 heterocycles. The molecule has 0 saturated carbocycles. The van der Waals surface area contributed by atoms with Crippen molar-refractivity contribution in [2.24, 2.45) is 4.99 Å². The summed E-state index contributed by atoms with van der Waals surface area (Å²) in [5, 5.41) is 0. The van der Waals surface area contributed by atoms with Gasteiger partial charge in [0.05, 0.1) is 5.54 Å². The Morgan fingerprint density at radius 2 is 1.00 bits per heavy atom. The number of isocyanates is 1. The third-order valence-corrected chi connectivity index (χ3v) is 4.77. The molecule has 0 N–H and O–H groups in total. The van der Waals surface area contributed by atoms with Crippen molar-refractivity contribution in [3.63, 3.8) is 0 Å². The fraction of sp³-hybridized carbons (Fsp3) is 0.950. The van der Waals surface area contributed by atoms with E-state index in [9.17, 15) is 4.79 Å². The molecule has 0 aromatic rings. The maximum atomic E-state index is 11.0. The van der Waals surface area contributed by atoms with E-state index in [2.05, 4.69) is 25.8 Å². The van der Waals surface area contributed by atoms with Crippen LogP contribution in [-0.2, 0) is 4.79 Å². The third-order valence-electron chi connectivity index (χ3n) is 4.77. The topological polar surface area (TPSA) is 29.4 Å². The highest BCUT2D eigenvalue weighted by atomic mass is 16.1. The fourth-order valence-electron chi connectivity index (χ4n) is 3.28. The van der Waals surface area contributed by atoms with Gasteiger partial charge in [-0.2, -0.15) is 4.99 Å². The van der Waals surface area contributed by atoms with E-state index in [4.69, 9.17) is 0 Å². The van der Waals surface area contributed by atoms with Gasteiger partial charge < -0.3 is 0 Å². The Morgan fingerprint density at radius 1 is 0.636 bits per heavy atom. The highest BCUT2D eigenvalue weighted by Crippen LogP contribution is 2.32. The zero-order valence-corrected chi connectivity index (χ0v) is 15.5. The lowest BCUT2D eigenvalue weighted by Crippen LogP contribution is -2.26. The van der Waals surface area contributed by atoms with Gasteiger partial charge in [0.15, 0.2) is 0 Å². The largest absolute Gasteiger partial charge is 0.235 e. The Bertz CT molecular complexity index is 250. The Balaban J connectivity index is 4.50. The average molecular weight is 310 g/mol. The monoisotopic (exact) mass is 309 g/mol. The van der Waals surface area contributed by atoms with Gasteiger partial charge in [0.2, 0.25) is 6.08 Å². The van der Waals surface area contributed by atoms with Crippen LogP contribution in [0, 0.1) is 0 Å². The second-order valence-electron chi connectivity index (χ2n) is 6.86. The van der Waals surface area contributed by atoms with Crippen molar-refractivity contribution in [3.05, 3.63) is 0 Å². The first kappa shape index (κ1) is 21.4. The zero-order chi connectivity index (χ0) is 16.5. The normalized spacial score (nSPS) is 11.4. The Morgan fingerprint density at radius 3 is 1.27 bits per heavy atom. The number of hydrogen-bond donors (Lipinski definition) is 0. The van der Waals surface area contributed by atoms with E-state index in [1.165, 1.54) is 77.0 Å². The summed E-state index contributed by atoms with van der Waals surface area (Å²) < 4.78 is 0. The Hall–Kier alpha value is -0.620. The molecule has 0 radical (unpaired) electrons. The summed E-state index contributed by atoms with van der Waals surface area (Å²) in [7, 11) is 0. The van der Waals surface area contributed by atoms with Crippen LogP contribution in [0.4, 0.5) is 0 Å². The van der Waals surface area contributed by atoms with Crippen LogP contribution in [0.15, 0.2) is 4.99 Å². The zero-order valence-electron chi connectivity index (χ0n) is 15.5. The standard InChI is InChI=1S/C20H39NO/c1-4-7-10-13-16-20(21-19-22,17-14-11-8-5-2)18-15-12-9-6-3/h4-18H2,1-3H3. The molecule has 0 aliphatic carbocycles. The summed E-state index contributed by atoms with van der Waals surface area (Å²) in [5.41, 5.74) is -0.100. The molecule has 0 aliphatic rings. The van der Waals surface area contributed by atoms with Crippen LogP contribution in [0.1, 0.15) is 117 Å². The van der Waals surface area contributed by atoms with E-state index in [0.29, 0.717) is 0 Å². The predicted octanol–water partition coefficient (Wildman–Crippen LogP) is 6.97. The van der Waals surface area contributed by atoms with Crippen LogP contribution in [0.25, 0.3) is 0 Å². The number of nitrogens with zero attached hydrogens (tertiary/aromatic N) is 1. The molecule has 22 heavy (non-hydrogen) atoms. The maximum absolute atomic E-state index is 11.0.